The Balaban J connectivity index is 2.21. The summed E-state index contributed by atoms with van der Waals surface area (Å²) >= 11 is 0. The predicted octanol–water partition coefficient (Wildman–Crippen LogP) is 6.45. The Kier molecular flexibility index (Phi) is 4.99. The van der Waals surface area contributed by atoms with E-state index in [4.69, 9.17) is 0 Å². The van der Waals surface area contributed by atoms with E-state index in [0.717, 1.165) is 23.5 Å². The van der Waals surface area contributed by atoms with Crippen molar-refractivity contribution in [3.05, 3.63) is 71.0 Å². The Bertz CT molecular complexity index is 898. The van der Waals surface area contributed by atoms with Crippen LogP contribution < -0.4 is 0 Å². The average Bonchev–Trinajstić information content (AvgIpc) is 3.03. The lowest BCUT2D eigenvalue weighted by atomic mass is 9.89. The van der Waals surface area contributed by atoms with Crippen molar-refractivity contribution in [3.8, 4) is 17.1 Å². The number of alkyl halides is 1. The maximum atomic E-state index is 15.4. The van der Waals surface area contributed by atoms with Gasteiger partial charge in [-0.15, -0.1) is 0 Å². The highest BCUT2D eigenvalue weighted by Crippen LogP contribution is 2.38. The van der Waals surface area contributed by atoms with Gasteiger partial charge in [0.05, 0.1) is 5.69 Å². The lowest BCUT2D eigenvalue weighted by Gasteiger charge is -2.24. The molecular formula is C23H27FN2. The molecule has 0 bridgehead atoms. The summed E-state index contributed by atoms with van der Waals surface area (Å²) in [5.74, 6) is 0.788. The van der Waals surface area contributed by atoms with Crippen LogP contribution in [0.25, 0.3) is 17.1 Å². The van der Waals surface area contributed by atoms with Gasteiger partial charge in [-0.25, -0.2) is 9.37 Å². The molecule has 1 unspecified atom stereocenters. The van der Waals surface area contributed by atoms with Gasteiger partial charge in [-0.3, -0.25) is 4.57 Å². The van der Waals surface area contributed by atoms with Crippen molar-refractivity contribution in [3.63, 3.8) is 0 Å². The van der Waals surface area contributed by atoms with Crippen molar-refractivity contribution >= 4 is 0 Å². The first-order chi connectivity index (χ1) is 12.3. The minimum absolute atomic E-state index is 0.493. The molecule has 26 heavy (non-hydrogen) atoms. The largest absolute Gasteiger partial charge is 0.299 e. The predicted molar refractivity (Wildman–Crippen MR) is 107 cm³/mol. The van der Waals surface area contributed by atoms with Crippen LogP contribution in [-0.4, -0.2) is 9.55 Å². The topological polar surface area (TPSA) is 17.8 Å². The molecule has 0 amide bonds. The van der Waals surface area contributed by atoms with Gasteiger partial charge < -0.3 is 0 Å². The number of benzene rings is 2. The van der Waals surface area contributed by atoms with E-state index in [1.165, 1.54) is 16.7 Å². The second-order valence-corrected chi connectivity index (χ2v) is 7.36. The van der Waals surface area contributed by atoms with E-state index in [1.807, 2.05) is 37.4 Å². The third-order valence-corrected chi connectivity index (χ3v) is 4.97. The zero-order valence-corrected chi connectivity index (χ0v) is 16.3. The van der Waals surface area contributed by atoms with Crippen LogP contribution in [0, 0.1) is 20.8 Å². The zero-order chi connectivity index (χ0) is 18.9. The second-order valence-electron chi connectivity index (χ2n) is 7.36. The second kappa shape index (κ2) is 7.06. The van der Waals surface area contributed by atoms with Gasteiger partial charge in [-0.1, -0.05) is 55.3 Å². The van der Waals surface area contributed by atoms with E-state index in [0.29, 0.717) is 12.0 Å². The van der Waals surface area contributed by atoms with Gasteiger partial charge in [0.1, 0.15) is 11.5 Å². The standard InChI is InChI=1S/C23H27FN2/c1-6-11-23(5,24)20-10-8-7-9-19(20)22-25-12-13-26(22)21-17(3)14-16(2)15-18(21)4/h7-10,12-15H,6,11H2,1-5H3. The van der Waals surface area contributed by atoms with Gasteiger partial charge in [-0.2, -0.15) is 0 Å². The molecule has 0 fully saturated rings. The summed E-state index contributed by atoms with van der Waals surface area (Å²) < 4.78 is 17.5. The summed E-state index contributed by atoms with van der Waals surface area (Å²) in [7, 11) is 0. The maximum Gasteiger partial charge on any atom is 0.144 e. The molecule has 3 heteroatoms. The molecule has 1 aromatic heterocycles. The lowest BCUT2D eigenvalue weighted by molar-refractivity contribution is 0.176. The van der Waals surface area contributed by atoms with Gasteiger partial charge in [0.15, 0.2) is 0 Å². The number of nitrogens with zero attached hydrogens (tertiary/aromatic N) is 2. The summed E-state index contributed by atoms with van der Waals surface area (Å²) in [4.78, 5) is 4.60. The van der Waals surface area contributed by atoms with Crippen LogP contribution in [-0.2, 0) is 5.67 Å². The third-order valence-electron chi connectivity index (χ3n) is 4.97. The Morgan fingerprint density at radius 1 is 1.08 bits per heavy atom. The highest BCUT2D eigenvalue weighted by Gasteiger charge is 2.29. The number of aryl methyl sites for hydroxylation is 3. The minimum atomic E-state index is -1.38. The fraction of sp³-hybridized carbons (Fsp3) is 0.348. The molecule has 1 heterocycles. The molecule has 0 aliphatic rings. The molecule has 3 rings (SSSR count). The Labute approximate surface area is 155 Å². The van der Waals surface area contributed by atoms with Crippen LogP contribution in [0.5, 0.6) is 0 Å². The average molecular weight is 350 g/mol. The Morgan fingerprint density at radius 2 is 1.73 bits per heavy atom. The summed E-state index contributed by atoms with van der Waals surface area (Å²) in [5.41, 5.74) is 4.93. The van der Waals surface area contributed by atoms with E-state index in [-0.39, 0.29) is 0 Å². The highest BCUT2D eigenvalue weighted by atomic mass is 19.1. The number of hydrogen-bond donors (Lipinski definition) is 0. The number of imidazole rings is 1. The summed E-state index contributed by atoms with van der Waals surface area (Å²) in [6.07, 6.45) is 5.05. The van der Waals surface area contributed by atoms with Crippen molar-refractivity contribution in [2.24, 2.45) is 0 Å². The van der Waals surface area contributed by atoms with Gasteiger partial charge in [0, 0.05) is 18.0 Å². The summed E-state index contributed by atoms with van der Waals surface area (Å²) in [5, 5.41) is 0. The first kappa shape index (κ1) is 18.4. The van der Waals surface area contributed by atoms with Gasteiger partial charge in [0.25, 0.3) is 0 Å². The molecule has 0 saturated heterocycles. The van der Waals surface area contributed by atoms with Crippen molar-refractivity contribution < 1.29 is 4.39 Å². The molecule has 0 radical (unpaired) electrons. The van der Waals surface area contributed by atoms with E-state index in [1.54, 1.807) is 13.1 Å². The van der Waals surface area contributed by atoms with Crippen LogP contribution in [0.15, 0.2) is 48.8 Å². The maximum absolute atomic E-state index is 15.4. The van der Waals surface area contributed by atoms with E-state index in [2.05, 4.69) is 42.5 Å². The quantitative estimate of drug-likeness (QED) is 0.517. The molecule has 3 aromatic rings. The lowest BCUT2D eigenvalue weighted by Crippen LogP contribution is -2.17. The fourth-order valence-electron chi connectivity index (χ4n) is 3.97. The van der Waals surface area contributed by atoms with Crippen LogP contribution in [0.4, 0.5) is 4.39 Å². The molecular weight excluding hydrogens is 323 g/mol. The fourth-order valence-corrected chi connectivity index (χ4v) is 3.97. The van der Waals surface area contributed by atoms with Gasteiger partial charge >= 0.3 is 0 Å². The first-order valence-electron chi connectivity index (χ1n) is 9.25. The molecule has 0 N–H and O–H groups in total. The first-order valence-corrected chi connectivity index (χ1v) is 9.25. The van der Waals surface area contributed by atoms with E-state index >= 15 is 4.39 Å². The number of aromatic nitrogens is 2. The molecule has 0 aliphatic carbocycles. The number of hydrogen-bond acceptors (Lipinski definition) is 1. The monoisotopic (exact) mass is 350 g/mol. The SMILES string of the molecule is CCCC(C)(F)c1ccccc1-c1nccn1-c1c(C)cc(C)cc1C. The zero-order valence-electron chi connectivity index (χ0n) is 16.3. The minimum Gasteiger partial charge on any atom is -0.299 e. The number of rotatable bonds is 5. The molecule has 0 aliphatic heterocycles. The van der Waals surface area contributed by atoms with E-state index < -0.39 is 5.67 Å². The highest BCUT2D eigenvalue weighted by molar-refractivity contribution is 5.66. The normalized spacial score (nSPS) is 13.6. The molecule has 1 atom stereocenters. The Morgan fingerprint density at radius 3 is 2.38 bits per heavy atom. The number of halogens is 1. The van der Waals surface area contributed by atoms with Crippen LogP contribution in [0.3, 0.4) is 0 Å². The molecule has 136 valence electrons. The van der Waals surface area contributed by atoms with Crippen LogP contribution in [0.2, 0.25) is 0 Å². The van der Waals surface area contributed by atoms with Gasteiger partial charge in [-0.05, 0) is 50.8 Å². The van der Waals surface area contributed by atoms with Crippen LogP contribution in [0.1, 0.15) is 48.9 Å². The van der Waals surface area contributed by atoms with Crippen molar-refractivity contribution in [2.75, 3.05) is 0 Å². The van der Waals surface area contributed by atoms with Gasteiger partial charge in [0.2, 0.25) is 0 Å². The molecule has 0 spiro atoms. The smallest absolute Gasteiger partial charge is 0.144 e. The van der Waals surface area contributed by atoms with Crippen molar-refractivity contribution in [1.82, 2.24) is 9.55 Å². The van der Waals surface area contributed by atoms with Crippen LogP contribution >= 0.6 is 0 Å². The molecule has 2 nitrogen and oxygen atoms in total. The van der Waals surface area contributed by atoms with E-state index in [9.17, 15) is 0 Å². The summed E-state index contributed by atoms with van der Waals surface area (Å²) in [6, 6.07) is 12.1. The molecule has 2 aromatic carbocycles. The Hall–Kier alpha value is -2.42. The molecule has 0 saturated carbocycles. The van der Waals surface area contributed by atoms with Crippen molar-refractivity contribution in [1.29, 1.82) is 0 Å². The third kappa shape index (κ3) is 3.31. The summed E-state index contributed by atoms with van der Waals surface area (Å²) in [6.45, 7) is 10.0. The van der Waals surface area contributed by atoms with Crippen molar-refractivity contribution in [2.45, 2.75) is 53.1 Å².